The van der Waals surface area contributed by atoms with Gasteiger partial charge < -0.3 is 16.3 Å². The van der Waals surface area contributed by atoms with Crippen molar-refractivity contribution in [2.24, 2.45) is 22.7 Å². The molecule has 0 radical (unpaired) electrons. The number of nitrogens with two attached hydrogens (primary N) is 1. The fourth-order valence-corrected chi connectivity index (χ4v) is 3.01. The van der Waals surface area contributed by atoms with E-state index in [2.05, 4.69) is 22.6 Å². The highest BCUT2D eigenvalue weighted by atomic mass is 16.4. The van der Waals surface area contributed by atoms with E-state index >= 15 is 0 Å². The van der Waals surface area contributed by atoms with E-state index in [0.29, 0.717) is 12.5 Å². The van der Waals surface area contributed by atoms with Crippen LogP contribution in [0.5, 0.6) is 0 Å². The summed E-state index contributed by atoms with van der Waals surface area (Å²) in [6, 6.07) is 11.1. The summed E-state index contributed by atoms with van der Waals surface area (Å²) in [4.78, 5) is 0. The minimum Gasteiger partial charge on any atom is -0.409 e. The van der Waals surface area contributed by atoms with Gasteiger partial charge in [0.05, 0.1) is 0 Å². The van der Waals surface area contributed by atoms with Crippen LogP contribution in [0.4, 0.5) is 0 Å². The van der Waals surface area contributed by atoms with E-state index in [0.717, 1.165) is 11.8 Å². The number of oxime groups is 1. The molecule has 3 rings (SSSR count). The summed E-state index contributed by atoms with van der Waals surface area (Å²) in [5.74, 6) is 1.96. The Morgan fingerprint density at radius 3 is 2.30 bits per heavy atom. The monoisotopic (exact) mass is 273 g/mol. The van der Waals surface area contributed by atoms with Gasteiger partial charge in [0.25, 0.3) is 0 Å². The smallest absolute Gasteiger partial charge is 0.141 e. The van der Waals surface area contributed by atoms with Crippen LogP contribution in [0, 0.1) is 11.8 Å². The fraction of sp³-hybridized carbons (Fsp3) is 0.562. The van der Waals surface area contributed by atoms with Crippen LogP contribution in [0.1, 0.15) is 43.7 Å². The number of hydrogen-bond acceptors (Lipinski definition) is 3. The molecular formula is C16H23N3O. The second-order valence-corrected chi connectivity index (χ2v) is 6.13. The van der Waals surface area contributed by atoms with Crippen LogP contribution in [-0.4, -0.2) is 17.1 Å². The Morgan fingerprint density at radius 2 is 1.80 bits per heavy atom. The van der Waals surface area contributed by atoms with Crippen molar-refractivity contribution >= 4 is 5.84 Å². The lowest BCUT2D eigenvalue weighted by molar-refractivity contribution is 0.313. The molecule has 0 bridgehead atoms. The average molecular weight is 273 g/mol. The van der Waals surface area contributed by atoms with Crippen molar-refractivity contribution in [3.05, 3.63) is 35.9 Å². The van der Waals surface area contributed by atoms with E-state index in [1.165, 1.54) is 31.2 Å². The van der Waals surface area contributed by atoms with E-state index < -0.39 is 0 Å². The van der Waals surface area contributed by atoms with Crippen LogP contribution in [0.3, 0.4) is 0 Å². The number of nitrogens with zero attached hydrogens (tertiary/aromatic N) is 1. The molecule has 108 valence electrons. The van der Waals surface area contributed by atoms with Crippen LogP contribution in [0.25, 0.3) is 0 Å². The van der Waals surface area contributed by atoms with Crippen LogP contribution in [0.15, 0.2) is 35.5 Å². The molecule has 2 aliphatic rings. The van der Waals surface area contributed by atoms with Gasteiger partial charge in [-0.1, -0.05) is 35.5 Å². The van der Waals surface area contributed by atoms with Gasteiger partial charge in [-0.3, -0.25) is 0 Å². The predicted octanol–water partition coefficient (Wildman–Crippen LogP) is 2.64. The fourth-order valence-electron chi connectivity index (χ4n) is 3.01. The number of amidine groups is 1. The third-order valence-electron chi connectivity index (χ3n) is 4.40. The summed E-state index contributed by atoms with van der Waals surface area (Å²) in [5, 5.41) is 15.8. The Morgan fingerprint density at radius 1 is 1.20 bits per heavy atom. The highest BCUT2D eigenvalue weighted by molar-refractivity contribution is 5.80. The summed E-state index contributed by atoms with van der Waals surface area (Å²) in [5.41, 5.74) is 6.94. The van der Waals surface area contributed by atoms with Gasteiger partial charge >= 0.3 is 0 Å². The van der Waals surface area contributed by atoms with Gasteiger partial charge in [-0.15, -0.1) is 0 Å². The lowest BCUT2D eigenvalue weighted by atomic mass is 9.99. The Labute approximate surface area is 120 Å². The van der Waals surface area contributed by atoms with Crippen molar-refractivity contribution in [3.63, 3.8) is 0 Å². The van der Waals surface area contributed by atoms with Crippen LogP contribution in [0.2, 0.25) is 0 Å². The Kier molecular flexibility index (Phi) is 3.92. The average Bonchev–Trinajstić information content (AvgIpc) is 3.37. The second-order valence-electron chi connectivity index (χ2n) is 6.13. The van der Waals surface area contributed by atoms with Crippen LogP contribution >= 0.6 is 0 Å². The molecule has 0 heterocycles. The molecule has 4 heteroatoms. The maximum Gasteiger partial charge on any atom is 0.141 e. The zero-order valence-electron chi connectivity index (χ0n) is 11.7. The zero-order chi connectivity index (χ0) is 13.9. The topological polar surface area (TPSA) is 70.6 Å². The molecule has 4 nitrogen and oxygen atoms in total. The molecule has 2 aliphatic carbocycles. The molecule has 20 heavy (non-hydrogen) atoms. The molecule has 1 aromatic carbocycles. The van der Waals surface area contributed by atoms with Gasteiger partial charge in [-0.05, 0) is 43.1 Å². The van der Waals surface area contributed by atoms with Gasteiger partial charge in [-0.25, -0.2) is 0 Å². The molecule has 0 spiro atoms. The molecule has 0 amide bonds. The third-order valence-corrected chi connectivity index (χ3v) is 4.40. The summed E-state index contributed by atoms with van der Waals surface area (Å²) in [7, 11) is 0. The molecular weight excluding hydrogens is 250 g/mol. The molecule has 4 N–H and O–H groups in total. The van der Waals surface area contributed by atoms with E-state index in [9.17, 15) is 0 Å². The minimum absolute atomic E-state index is 0.137. The number of rotatable bonds is 7. The molecule has 0 aromatic heterocycles. The number of benzene rings is 1. The van der Waals surface area contributed by atoms with Gasteiger partial charge in [0, 0.05) is 18.5 Å². The largest absolute Gasteiger partial charge is 0.409 e. The van der Waals surface area contributed by atoms with E-state index in [1.807, 2.05) is 18.2 Å². The van der Waals surface area contributed by atoms with Crippen molar-refractivity contribution in [2.45, 2.75) is 44.2 Å². The highest BCUT2D eigenvalue weighted by Gasteiger charge is 2.42. The first-order valence-corrected chi connectivity index (χ1v) is 7.55. The van der Waals surface area contributed by atoms with E-state index in [-0.39, 0.29) is 11.9 Å². The molecule has 1 unspecified atom stereocenters. The second kappa shape index (κ2) is 5.83. The number of hydrogen-bond donors (Lipinski definition) is 3. The summed E-state index contributed by atoms with van der Waals surface area (Å²) < 4.78 is 0. The van der Waals surface area contributed by atoms with Gasteiger partial charge in [0.1, 0.15) is 5.84 Å². The van der Waals surface area contributed by atoms with Gasteiger partial charge in [0.15, 0.2) is 0 Å². The van der Waals surface area contributed by atoms with Crippen molar-refractivity contribution in [1.29, 1.82) is 0 Å². The minimum atomic E-state index is 0.137. The Bertz CT molecular complexity index is 454. The maximum absolute atomic E-state index is 8.84. The highest BCUT2D eigenvalue weighted by Crippen LogP contribution is 2.45. The first-order valence-electron chi connectivity index (χ1n) is 7.55. The lowest BCUT2D eigenvalue weighted by Gasteiger charge is -2.26. The van der Waals surface area contributed by atoms with Gasteiger partial charge in [0.2, 0.25) is 0 Å². The Balaban J connectivity index is 1.74. The van der Waals surface area contributed by atoms with E-state index in [4.69, 9.17) is 10.9 Å². The first kappa shape index (κ1) is 13.4. The molecule has 1 atom stereocenters. The molecule has 2 saturated carbocycles. The molecule has 2 fully saturated rings. The SMILES string of the molecule is NC(CC(NC(C1CC1)C1CC1)c1ccccc1)=NO. The summed E-state index contributed by atoms with van der Waals surface area (Å²) >= 11 is 0. The van der Waals surface area contributed by atoms with Gasteiger partial charge in [-0.2, -0.15) is 0 Å². The molecule has 1 aromatic rings. The summed E-state index contributed by atoms with van der Waals surface area (Å²) in [6.07, 6.45) is 5.94. The first-order chi connectivity index (χ1) is 9.78. The predicted molar refractivity (Wildman–Crippen MR) is 79.6 cm³/mol. The van der Waals surface area contributed by atoms with Crippen molar-refractivity contribution in [3.8, 4) is 0 Å². The summed E-state index contributed by atoms with van der Waals surface area (Å²) in [6.45, 7) is 0. The lowest BCUT2D eigenvalue weighted by Crippen LogP contribution is -2.38. The van der Waals surface area contributed by atoms with Crippen molar-refractivity contribution < 1.29 is 5.21 Å². The zero-order valence-corrected chi connectivity index (χ0v) is 11.7. The number of nitrogens with one attached hydrogen (secondary N) is 1. The normalized spacial score (nSPS) is 21.1. The third kappa shape index (κ3) is 3.31. The van der Waals surface area contributed by atoms with Crippen molar-refractivity contribution in [2.75, 3.05) is 0 Å². The van der Waals surface area contributed by atoms with Crippen LogP contribution in [-0.2, 0) is 0 Å². The molecule has 0 aliphatic heterocycles. The van der Waals surface area contributed by atoms with Crippen molar-refractivity contribution in [1.82, 2.24) is 5.32 Å². The molecule has 0 saturated heterocycles. The van der Waals surface area contributed by atoms with Crippen LogP contribution < -0.4 is 11.1 Å². The quantitative estimate of drug-likeness (QED) is 0.309. The standard InChI is InChI=1S/C16H23N3O/c17-15(19-20)10-14(11-4-2-1-3-5-11)18-16(12-6-7-12)13-8-9-13/h1-5,12-14,16,18,20H,6-10H2,(H2,17,19). The van der Waals surface area contributed by atoms with E-state index in [1.54, 1.807) is 0 Å². The Hall–Kier alpha value is -1.55. The maximum atomic E-state index is 8.84.